The van der Waals surface area contributed by atoms with E-state index >= 15 is 0 Å². The van der Waals surface area contributed by atoms with Crippen molar-refractivity contribution in [3.63, 3.8) is 0 Å². The van der Waals surface area contributed by atoms with Crippen molar-refractivity contribution in [2.45, 2.75) is 75.6 Å². The van der Waals surface area contributed by atoms with Gasteiger partial charge in [0.2, 0.25) is 5.91 Å². The summed E-state index contributed by atoms with van der Waals surface area (Å²) in [5.74, 6) is -1.34. The molecule has 8 atom stereocenters. The minimum atomic E-state index is -5.17. The van der Waals surface area contributed by atoms with Gasteiger partial charge in [-0.05, 0) is 18.9 Å². The SMILES string of the molecule is C=CCCC(=O)N(CCC)CC(=O)O[C@H]1[C@@H](O)[C@H](n2cnc3c(N)ncnc32)O[C@H]1COP(=O)(O)O[C@H]1C[C@H](n2ccc(N)nc2=O)O[C@H]1COP(=O)(O)O. The smallest absolute Gasteiger partial charge is 0.455 e. The van der Waals surface area contributed by atoms with Crippen molar-refractivity contribution >= 4 is 50.3 Å². The summed E-state index contributed by atoms with van der Waals surface area (Å²) >= 11 is 0. The van der Waals surface area contributed by atoms with E-state index < -0.39 is 90.0 Å². The Hall–Kier alpha value is -4.19. The molecule has 302 valence electrons. The van der Waals surface area contributed by atoms with Gasteiger partial charge in [-0.25, -0.2) is 28.9 Å². The lowest BCUT2D eigenvalue weighted by atomic mass is 10.1. The molecule has 1 unspecified atom stereocenters. The van der Waals surface area contributed by atoms with Crippen molar-refractivity contribution in [3.8, 4) is 0 Å². The molecule has 1 amide bonds. The van der Waals surface area contributed by atoms with Crippen LogP contribution in [0.15, 0.2) is 42.4 Å². The molecule has 2 aliphatic heterocycles. The fourth-order valence-corrected chi connectivity index (χ4v) is 7.19. The molecule has 0 radical (unpaired) electrons. The zero-order valence-electron chi connectivity index (χ0n) is 29.3. The summed E-state index contributed by atoms with van der Waals surface area (Å²) in [7, 11) is -10.2. The number of esters is 1. The lowest BCUT2D eigenvalue weighted by Crippen LogP contribution is -2.42. The number of phosphoric acid groups is 2. The van der Waals surface area contributed by atoms with E-state index in [4.69, 9.17) is 34.7 Å². The second kappa shape index (κ2) is 17.7. The van der Waals surface area contributed by atoms with Crippen LogP contribution in [0.5, 0.6) is 0 Å². The van der Waals surface area contributed by atoms with Gasteiger partial charge in [0.05, 0.1) is 19.5 Å². The normalized spacial score (nSPS) is 25.1. The summed E-state index contributed by atoms with van der Waals surface area (Å²) in [5, 5.41) is 11.5. The Morgan fingerprint density at radius 1 is 1.11 bits per heavy atom. The lowest BCUT2D eigenvalue weighted by molar-refractivity contribution is -0.160. The zero-order chi connectivity index (χ0) is 40.1. The molecule has 5 rings (SSSR count). The van der Waals surface area contributed by atoms with Crippen molar-refractivity contribution < 1.29 is 66.3 Å². The van der Waals surface area contributed by atoms with E-state index in [-0.39, 0.29) is 48.1 Å². The summed E-state index contributed by atoms with van der Waals surface area (Å²) in [6.45, 7) is 3.47. The molecular weight excluding hydrogens is 776 g/mol. The Labute approximate surface area is 311 Å². The third-order valence-electron chi connectivity index (χ3n) is 8.39. The Balaban J connectivity index is 1.34. The molecule has 2 saturated heterocycles. The molecule has 26 heteroatoms. The lowest BCUT2D eigenvalue weighted by Gasteiger charge is -2.25. The maximum absolute atomic E-state index is 13.4. The van der Waals surface area contributed by atoms with E-state index in [1.165, 1.54) is 28.1 Å². The molecule has 0 saturated carbocycles. The van der Waals surface area contributed by atoms with Gasteiger partial charge in [-0.1, -0.05) is 13.0 Å². The minimum Gasteiger partial charge on any atom is -0.455 e. The molecule has 0 spiro atoms. The van der Waals surface area contributed by atoms with Gasteiger partial charge in [-0.15, -0.1) is 6.58 Å². The van der Waals surface area contributed by atoms with Gasteiger partial charge in [-0.2, -0.15) is 4.98 Å². The van der Waals surface area contributed by atoms with Gasteiger partial charge in [0.15, 0.2) is 23.8 Å². The van der Waals surface area contributed by atoms with E-state index in [2.05, 4.69) is 31.0 Å². The summed E-state index contributed by atoms with van der Waals surface area (Å²) in [5.41, 5.74) is 10.9. The van der Waals surface area contributed by atoms with Crippen LogP contribution in [0.3, 0.4) is 0 Å². The number of amides is 1. The molecule has 3 aromatic heterocycles. The van der Waals surface area contributed by atoms with Crippen molar-refractivity contribution in [3.05, 3.63) is 48.1 Å². The second-order valence-corrected chi connectivity index (χ2v) is 15.0. The monoisotopic (exact) mass is 817 g/mol. The molecule has 2 aliphatic rings. The molecule has 2 fully saturated rings. The van der Waals surface area contributed by atoms with Crippen LogP contribution in [-0.2, 0) is 46.5 Å². The quantitative estimate of drug-likeness (QED) is 0.0536. The van der Waals surface area contributed by atoms with Gasteiger partial charge in [0.1, 0.15) is 54.9 Å². The fraction of sp³-hybridized carbons (Fsp3) is 0.552. The number of fused-ring (bicyclic) bond motifs is 1. The van der Waals surface area contributed by atoms with Crippen molar-refractivity contribution in [1.29, 1.82) is 0 Å². The van der Waals surface area contributed by atoms with Crippen LogP contribution in [-0.4, -0.2) is 122 Å². The predicted octanol–water partition coefficient (Wildman–Crippen LogP) is -0.478. The van der Waals surface area contributed by atoms with E-state index in [1.807, 2.05) is 6.92 Å². The molecular formula is C29H41N9O15P2. The third-order valence-corrected chi connectivity index (χ3v) is 9.88. The number of carbonyl (C=O) groups is 2. The Morgan fingerprint density at radius 3 is 2.55 bits per heavy atom. The average Bonchev–Trinajstić information content (AvgIpc) is 3.80. The highest BCUT2D eigenvalue weighted by Crippen LogP contribution is 2.50. The van der Waals surface area contributed by atoms with E-state index in [9.17, 15) is 43.3 Å². The average molecular weight is 818 g/mol. The number of allylic oxidation sites excluding steroid dienone is 1. The van der Waals surface area contributed by atoms with Gasteiger partial charge < -0.3 is 50.4 Å². The first-order chi connectivity index (χ1) is 26.0. The summed E-state index contributed by atoms with van der Waals surface area (Å²) in [6.07, 6.45) is -4.26. The van der Waals surface area contributed by atoms with Crippen LogP contribution >= 0.6 is 15.6 Å². The first-order valence-electron chi connectivity index (χ1n) is 16.7. The number of ether oxygens (including phenoxy) is 3. The number of aromatic nitrogens is 6. The number of rotatable bonds is 18. The molecule has 0 bridgehead atoms. The van der Waals surface area contributed by atoms with Crippen LogP contribution in [0, 0.1) is 0 Å². The number of hydrogen-bond donors (Lipinski definition) is 6. The molecule has 24 nitrogen and oxygen atoms in total. The zero-order valence-corrected chi connectivity index (χ0v) is 31.0. The molecule has 55 heavy (non-hydrogen) atoms. The predicted molar refractivity (Wildman–Crippen MR) is 186 cm³/mol. The Bertz CT molecular complexity index is 2010. The van der Waals surface area contributed by atoms with Gasteiger partial charge in [0.25, 0.3) is 0 Å². The summed E-state index contributed by atoms with van der Waals surface area (Å²) in [6, 6.07) is 1.28. The maximum atomic E-state index is 13.4. The number of nitrogen functional groups attached to an aromatic ring is 2. The van der Waals surface area contributed by atoms with E-state index in [0.29, 0.717) is 12.8 Å². The highest BCUT2D eigenvalue weighted by molar-refractivity contribution is 7.47. The van der Waals surface area contributed by atoms with Crippen molar-refractivity contribution in [2.24, 2.45) is 0 Å². The Morgan fingerprint density at radius 2 is 1.85 bits per heavy atom. The number of phosphoric ester groups is 2. The minimum absolute atomic E-state index is 0.0229. The van der Waals surface area contributed by atoms with Crippen LogP contribution in [0.2, 0.25) is 0 Å². The van der Waals surface area contributed by atoms with Crippen LogP contribution in [0.1, 0.15) is 45.1 Å². The summed E-state index contributed by atoms with van der Waals surface area (Å²) < 4.78 is 59.5. The number of aliphatic hydroxyl groups excluding tert-OH is 1. The Kier molecular flexibility index (Phi) is 13.5. The number of imidazole rings is 1. The number of nitrogens with zero attached hydrogens (tertiary/aromatic N) is 7. The van der Waals surface area contributed by atoms with E-state index in [1.54, 1.807) is 6.08 Å². The number of aliphatic hydroxyl groups is 1. The van der Waals surface area contributed by atoms with Gasteiger partial charge >= 0.3 is 27.3 Å². The first-order valence-corrected chi connectivity index (χ1v) is 19.7. The van der Waals surface area contributed by atoms with Gasteiger partial charge in [-0.3, -0.25) is 32.3 Å². The first kappa shape index (κ1) is 42.0. The number of anilines is 2. The largest absolute Gasteiger partial charge is 0.472 e. The van der Waals surface area contributed by atoms with Crippen molar-refractivity contribution in [2.75, 3.05) is 37.8 Å². The summed E-state index contributed by atoms with van der Waals surface area (Å²) in [4.78, 5) is 84.8. The highest BCUT2D eigenvalue weighted by Gasteiger charge is 2.50. The third kappa shape index (κ3) is 10.6. The molecule has 3 aromatic rings. The number of hydrogen-bond acceptors (Lipinski definition) is 18. The van der Waals surface area contributed by atoms with Crippen LogP contribution in [0.4, 0.5) is 11.6 Å². The van der Waals surface area contributed by atoms with Crippen molar-refractivity contribution in [1.82, 2.24) is 34.0 Å². The standard InChI is InChI=1S/C29H41N9O15P2/c1-3-5-6-20(39)36(8-4-2)11-22(40)52-25-18(51-28(24(25)41)38-15-34-23-26(31)32-14-33-27(23)38)13-49-55(46,47)53-16-10-21(37-9-7-19(30)35-29(37)42)50-17(16)12-48-54(43,44)45/h3,7,9,14-18,21,24-25,28,41H,1,4-6,8,10-13H2,2H3,(H,46,47)(H2,30,35,42)(H2,31,32,33)(H2,43,44,45)/t16-,17-,18-,21+,24+,25+,28+/m0/s1. The molecule has 0 aliphatic carbocycles. The van der Waals surface area contributed by atoms with Gasteiger partial charge in [0, 0.05) is 25.6 Å². The fourth-order valence-electron chi connectivity index (χ4n) is 5.89. The topological polar surface area (TPSA) is 338 Å². The molecule has 5 heterocycles. The second-order valence-electron chi connectivity index (χ2n) is 12.3. The van der Waals surface area contributed by atoms with Crippen LogP contribution < -0.4 is 17.2 Å². The maximum Gasteiger partial charge on any atom is 0.472 e. The van der Waals surface area contributed by atoms with E-state index in [0.717, 1.165) is 10.9 Å². The number of carbonyl (C=O) groups excluding carboxylic acids is 2. The number of nitrogens with two attached hydrogens (primary N) is 2. The van der Waals surface area contributed by atoms with Crippen LogP contribution in [0.25, 0.3) is 11.2 Å². The molecule has 8 N–H and O–H groups in total. The highest BCUT2D eigenvalue weighted by atomic mass is 31.2. The molecule has 0 aromatic carbocycles.